The van der Waals surface area contributed by atoms with E-state index >= 15 is 0 Å². The Morgan fingerprint density at radius 2 is 1.17 bits per heavy atom. The normalized spacial score (nSPS) is 13.2. The first kappa shape index (κ1) is 45.3. The summed E-state index contributed by atoms with van der Waals surface area (Å²) in [5, 5.41) is 11.9. The van der Waals surface area contributed by atoms with Gasteiger partial charge in [0.05, 0.1) is 0 Å². The molecule has 0 saturated heterocycles. The van der Waals surface area contributed by atoms with Gasteiger partial charge in [0.15, 0.2) is 0 Å². The number of nitrogens with one attached hydrogen (secondary N) is 1. The summed E-state index contributed by atoms with van der Waals surface area (Å²) in [6.45, 7) is 4.81. The van der Waals surface area contributed by atoms with E-state index in [1.807, 2.05) is 6.08 Å². The summed E-state index contributed by atoms with van der Waals surface area (Å²) >= 11 is 0. The fraction of sp³-hybridized carbons (Fsp3) is 0.732. The molecule has 0 rings (SSSR count). The molecule has 0 aromatic heterocycles. The molecule has 0 aromatic rings. The number of ether oxygens (including phenoxy) is 1. The van der Waals surface area contributed by atoms with E-state index in [0.717, 1.165) is 83.5 Å². The number of hydrogen-bond donors (Lipinski definition) is 3. The molecule has 0 spiro atoms. The smallest absolute Gasteiger partial charge is 0.326 e. The number of carboxylic acids is 1. The van der Waals surface area contributed by atoms with Crippen LogP contribution in [0.4, 0.5) is 0 Å². The van der Waals surface area contributed by atoms with Crippen LogP contribution in [0.15, 0.2) is 48.6 Å². The lowest BCUT2D eigenvalue weighted by Crippen LogP contribution is -2.40. The Kier molecular flexibility index (Phi) is 33.7. The summed E-state index contributed by atoms with van der Waals surface area (Å²) in [7, 11) is 0. The standard InChI is InChI=1S/C41H72N2O5/c1-3-5-7-9-10-11-12-13-14-15-16-17-18-19-20-21-22-23-29-35-40(45)48-37(31-26-8-6-4-2)32-27-24-25-28-34-39(44)43-38(41(46)47)33-30-36-42/h10-11,13-14,16-17,26,31,37-38H,3-9,12,15,18-25,27-30,32-36,42H2,1-2H3,(H,43,44)(H,46,47)/b11-10-,14-13-,17-16-,31-26-. The Hall–Kier alpha value is -2.67. The molecule has 0 aromatic carbocycles. The summed E-state index contributed by atoms with van der Waals surface area (Å²) in [5.74, 6) is -1.36. The quantitative estimate of drug-likeness (QED) is 0.0356. The van der Waals surface area contributed by atoms with Gasteiger partial charge in [-0.05, 0) is 96.1 Å². The first-order valence-electron chi connectivity index (χ1n) is 19.5. The zero-order chi connectivity index (χ0) is 35.3. The predicted molar refractivity (Wildman–Crippen MR) is 202 cm³/mol. The zero-order valence-corrected chi connectivity index (χ0v) is 30.8. The highest BCUT2D eigenvalue weighted by Gasteiger charge is 2.19. The Balaban J connectivity index is 4.06. The topological polar surface area (TPSA) is 119 Å². The number of carboxylic acid groups (broad SMARTS) is 1. The van der Waals surface area contributed by atoms with Crippen LogP contribution in [0.3, 0.4) is 0 Å². The molecule has 0 saturated carbocycles. The van der Waals surface area contributed by atoms with Crippen LogP contribution in [0.25, 0.3) is 0 Å². The SMILES string of the molecule is CCCC/C=C\C(CCCCCCC(=O)NC(CCCN)C(=O)O)OC(=O)CCCCCCCC/C=C\C/C=C\C/C=C\CCCCC. The molecule has 48 heavy (non-hydrogen) atoms. The Morgan fingerprint density at radius 1 is 0.625 bits per heavy atom. The van der Waals surface area contributed by atoms with Gasteiger partial charge in [0.25, 0.3) is 0 Å². The van der Waals surface area contributed by atoms with Crippen molar-refractivity contribution < 1.29 is 24.2 Å². The second-order valence-electron chi connectivity index (χ2n) is 13.0. The third kappa shape index (κ3) is 31.9. The van der Waals surface area contributed by atoms with Crippen molar-refractivity contribution in [3.8, 4) is 0 Å². The molecule has 7 heteroatoms. The second kappa shape index (κ2) is 35.6. The number of carbonyl (C=O) groups excluding carboxylic acids is 2. The molecule has 4 N–H and O–H groups in total. The molecule has 276 valence electrons. The van der Waals surface area contributed by atoms with Crippen LogP contribution < -0.4 is 11.1 Å². The first-order valence-corrected chi connectivity index (χ1v) is 19.5. The number of esters is 1. The van der Waals surface area contributed by atoms with Gasteiger partial charge >= 0.3 is 11.9 Å². The lowest BCUT2D eigenvalue weighted by molar-refractivity contribution is -0.147. The molecule has 0 fully saturated rings. The molecule has 1 amide bonds. The van der Waals surface area contributed by atoms with E-state index in [2.05, 4.69) is 61.7 Å². The Bertz CT molecular complexity index is 895. The average molecular weight is 673 g/mol. The van der Waals surface area contributed by atoms with Crippen molar-refractivity contribution >= 4 is 17.8 Å². The van der Waals surface area contributed by atoms with E-state index in [-0.39, 0.29) is 18.0 Å². The van der Waals surface area contributed by atoms with Crippen LogP contribution in [0.1, 0.15) is 174 Å². The monoisotopic (exact) mass is 673 g/mol. The Morgan fingerprint density at radius 3 is 1.79 bits per heavy atom. The van der Waals surface area contributed by atoms with Gasteiger partial charge in [-0.1, -0.05) is 121 Å². The van der Waals surface area contributed by atoms with Crippen LogP contribution >= 0.6 is 0 Å². The van der Waals surface area contributed by atoms with Crippen LogP contribution in [-0.2, 0) is 19.1 Å². The molecule has 0 aliphatic rings. The van der Waals surface area contributed by atoms with E-state index in [4.69, 9.17) is 10.5 Å². The van der Waals surface area contributed by atoms with Crippen LogP contribution in [0, 0.1) is 0 Å². The third-order valence-electron chi connectivity index (χ3n) is 8.35. The minimum Gasteiger partial charge on any atom is -0.480 e. The lowest BCUT2D eigenvalue weighted by atomic mass is 10.1. The third-order valence-corrected chi connectivity index (χ3v) is 8.35. The number of nitrogens with two attached hydrogens (primary N) is 1. The predicted octanol–water partition coefficient (Wildman–Crippen LogP) is 10.4. The molecule has 2 atom stereocenters. The highest BCUT2D eigenvalue weighted by atomic mass is 16.5. The van der Waals surface area contributed by atoms with Crippen LogP contribution in [-0.4, -0.2) is 41.6 Å². The molecule has 0 aliphatic carbocycles. The fourth-order valence-corrected chi connectivity index (χ4v) is 5.35. The van der Waals surface area contributed by atoms with Gasteiger partial charge in [-0.3, -0.25) is 9.59 Å². The zero-order valence-electron chi connectivity index (χ0n) is 30.8. The van der Waals surface area contributed by atoms with Crippen molar-refractivity contribution in [2.45, 2.75) is 187 Å². The van der Waals surface area contributed by atoms with Gasteiger partial charge in [-0.25, -0.2) is 4.79 Å². The van der Waals surface area contributed by atoms with Gasteiger partial charge in [0.2, 0.25) is 5.91 Å². The fourth-order valence-electron chi connectivity index (χ4n) is 5.35. The molecule has 0 radical (unpaired) electrons. The Labute approximate surface area is 294 Å². The molecule has 0 aliphatic heterocycles. The summed E-state index contributed by atoms with van der Waals surface area (Å²) in [5.41, 5.74) is 5.46. The van der Waals surface area contributed by atoms with Crippen molar-refractivity contribution in [2.24, 2.45) is 5.73 Å². The van der Waals surface area contributed by atoms with Crippen molar-refractivity contribution in [1.29, 1.82) is 0 Å². The number of unbranched alkanes of at least 4 members (excludes halogenated alkanes) is 14. The number of carbonyl (C=O) groups is 3. The van der Waals surface area contributed by atoms with Gasteiger partial charge < -0.3 is 20.9 Å². The minimum atomic E-state index is -1.02. The second-order valence-corrected chi connectivity index (χ2v) is 13.0. The largest absolute Gasteiger partial charge is 0.480 e. The van der Waals surface area contributed by atoms with E-state index in [9.17, 15) is 19.5 Å². The van der Waals surface area contributed by atoms with Crippen molar-refractivity contribution in [3.05, 3.63) is 48.6 Å². The van der Waals surface area contributed by atoms with E-state index in [1.165, 1.54) is 44.9 Å². The number of amides is 1. The summed E-state index contributed by atoms with van der Waals surface area (Å²) < 4.78 is 5.84. The highest BCUT2D eigenvalue weighted by Crippen LogP contribution is 2.15. The van der Waals surface area contributed by atoms with Crippen molar-refractivity contribution in [1.82, 2.24) is 5.32 Å². The molecular formula is C41H72N2O5. The van der Waals surface area contributed by atoms with Gasteiger partial charge in [-0.15, -0.1) is 0 Å². The average Bonchev–Trinajstić information content (AvgIpc) is 3.07. The number of hydrogen-bond acceptors (Lipinski definition) is 5. The van der Waals surface area contributed by atoms with E-state index in [0.29, 0.717) is 38.6 Å². The molecule has 0 bridgehead atoms. The minimum absolute atomic E-state index is 0.110. The number of rotatable bonds is 34. The summed E-state index contributed by atoms with van der Waals surface area (Å²) in [4.78, 5) is 36.0. The maximum Gasteiger partial charge on any atom is 0.326 e. The van der Waals surface area contributed by atoms with Crippen LogP contribution in [0.5, 0.6) is 0 Å². The van der Waals surface area contributed by atoms with Crippen LogP contribution in [0.2, 0.25) is 0 Å². The van der Waals surface area contributed by atoms with Gasteiger partial charge in [-0.2, -0.15) is 0 Å². The molecule has 2 unspecified atom stereocenters. The maximum atomic E-state index is 12.6. The highest BCUT2D eigenvalue weighted by molar-refractivity contribution is 5.83. The van der Waals surface area contributed by atoms with Gasteiger partial charge in [0.1, 0.15) is 12.1 Å². The van der Waals surface area contributed by atoms with E-state index < -0.39 is 12.0 Å². The first-order chi connectivity index (χ1) is 23.4. The summed E-state index contributed by atoms with van der Waals surface area (Å²) in [6, 6.07) is -0.871. The van der Waals surface area contributed by atoms with Crippen molar-refractivity contribution in [2.75, 3.05) is 6.54 Å². The summed E-state index contributed by atoms with van der Waals surface area (Å²) in [6.07, 6.45) is 41.9. The molecule has 7 nitrogen and oxygen atoms in total. The van der Waals surface area contributed by atoms with Gasteiger partial charge in [0, 0.05) is 12.8 Å². The molecular weight excluding hydrogens is 600 g/mol. The molecule has 0 heterocycles. The maximum absolute atomic E-state index is 12.6. The number of allylic oxidation sites excluding steroid dienone is 7. The van der Waals surface area contributed by atoms with Crippen molar-refractivity contribution in [3.63, 3.8) is 0 Å². The lowest BCUT2D eigenvalue weighted by Gasteiger charge is -2.15. The number of aliphatic carboxylic acids is 1. The van der Waals surface area contributed by atoms with E-state index in [1.54, 1.807) is 0 Å².